The first-order chi connectivity index (χ1) is 22.8. The van der Waals surface area contributed by atoms with Crippen molar-refractivity contribution in [2.24, 2.45) is 11.5 Å². The Morgan fingerprint density at radius 1 is 0.915 bits per heavy atom. The van der Waals surface area contributed by atoms with Crippen LogP contribution in [0.2, 0.25) is 0 Å². The van der Waals surface area contributed by atoms with Crippen molar-refractivity contribution in [3.05, 3.63) is 66.4 Å². The van der Waals surface area contributed by atoms with Gasteiger partial charge >= 0.3 is 0 Å². The molecule has 2 aromatic carbocycles. The summed E-state index contributed by atoms with van der Waals surface area (Å²) in [5, 5.41) is 19.8. The summed E-state index contributed by atoms with van der Waals surface area (Å²) in [5.74, 6) is -1.34. The standard InChI is InChI=1S/C22H26N6O2.C7H11NO3.2C2H6.CH4O/c1-25-18-19(22(30)26-17(21(24)29)13-8-14-23)27-28(16-11-6-3-7-12-16)20(18)15-9-4-2-5-10-15;1-6(11)8-7(5-10)3-2-4-9;3*1-2/h2-7,9-12,17,25H,8,13-14,23H2,1H3,(H2,24,29)(H,26,30);4-5,7H,2-3H2,1H3,(H,8,11);2*1-2H3;2H,1H3. The van der Waals surface area contributed by atoms with Crippen LogP contribution in [0.15, 0.2) is 60.7 Å². The number of para-hydroxylation sites is 1. The molecule has 0 spiro atoms. The van der Waals surface area contributed by atoms with Gasteiger partial charge in [0.15, 0.2) is 5.69 Å². The van der Waals surface area contributed by atoms with E-state index in [4.69, 9.17) is 16.6 Å². The zero-order valence-electron chi connectivity index (χ0n) is 28.7. The fourth-order valence-electron chi connectivity index (χ4n) is 3.95. The monoisotopic (exact) mass is 655 g/mol. The van der Waals surface area contributed by atoms with Gasteiger partial charge in [0, 0.05) is 33.1 Å². The van der Waals surface area contributed by atoms with Crippen LogP contribution in [-0.4, -0.2) is 78.0 Å². The van der Waals surface area contributed by atoms with E-state index in [9.17, 15) is 24.0 Å². The van der Waals surface area contributed by atoms with Crippen molar-refractivity contribution >= 4 is 36.0 Å². The molecule has 1 heterocycles. The second kappa shape index (κ2) is 27.4. The lowest BCUT2D eigenvalue weighted by Gasteiger charge is -2.14. The van der Waals surface area contributed by atoms with E-state index in [0.717, 1.165) is 30.3 Å². The first kappa shape index (κ1) is 44.2. The molecule has 3 rings (SSSR count). The van der Waals surface area contributed by atoms with E-state index in [0.29, 0.717) is 44.2 Å². The number of anilines is 1. The van der Waals surface area contributed by atoms with Crippen molar-refractivity contribution in [1.29, 1.82) is 0 Å². The number of benzene rings is 2. The van der Waals surface area contributed by atoms with E-state index in [2.05, 4.69) is 21.0 Å². The number of nitrogens with two attached hydrogens (primary N) is 2. The number of hydrogen-bond acceptors (Lipinski definition) is 9. The van der Waals surface area contributed by atoms with Gasteiger partial charge in [0.25, 0.3) is 5.91 Å². The molecular formula is C34H53N7O6. The van der Waals surface area contributed by atoms with E-state index < -0.39 is 23.9 Å². The highest BCUT2D eigenvalue weighted by molar-refractivity contribution is 6.03. The Morgan fingerprint density at radius 3 is 1.91 bits per heavy atom. The molecule has 13 nitrogen and oxygen atoms in total. The lowest BCUT2D eigenvalue weighted by atomic mass is 10.1. The lowest BCUT2D eigenvalue weighted by molar-refractivity contribution is -0.122. The highest BCUT2D eigenvalue weighted by Crippen LogP contribution is 2.33. The van der Waals surface area contributed by atoms with E-state index in [-0.39, 0.29) is 11.6 Å². The number of rotatable bonds is 14. The summed E-state index contributed by atoms with van der Waals surface area (Å²) in [6.07, 6.45) is 2.97. The molecule has 0 saturated carbocycles. The normalized spacial score (nSPS) is 10.6. The molecular weight excluding hydrogens is 602 g/mol. The molecule has 2 unspecified atom stereocenters. The van der Waals surface area contributed by atoms with Crippen molar-refractivity contribution < 1.29 is 29.1 Å². The number of carbonyl (C=O) groups excluding carboxylic acids is 5. The molecule has 47 heavy (non-hydrogen) atoms. The van der Waals surface area contributed by atoms with Crippen molar-refractivity contribution in [3.63, 3.8) is 0 Å². The average Bonchev–Trinajstić information content (AvgIpc) is 3.52. The number of aromatic nitrogens is 2. The highest BCUT2D eigenvalue weighted by atomic mass is 16.2. The van der Waals surface area contributed by atoms with Crippen molar-refractivity contribution in [3.8, 4) is 16.9 Å². The minimum Gasteiger partial charge on any atom is -0.400 e. The molecule has 3 aromatic rings. The first-order valence-corrected chi connectivity index (χ1v) is 15.6. The van der Waals surface area contributed by atoms with E-state index in [1.165, 1.54) is 6.92 Å². The summed E-state index contributed by atoms with van der Waals surface area (Å²) in [6, 6.07) is 17.9. The molecule has 2 atom stereocenters. The summed E-state index contributed by atoms with van der Waals surface area (Å²) >= 11 is 0. The Morgan fingerprint density at radius 2 is 1.47 bits per heavy atom. The molecule has 1 aromatic heterocycles. The van der Waals surface area contributed by atoms with Gasteiger partial charge in [0.1, 0.15) is 18.6 Å². The summed E-state index contributed by atoms with van der Waals surface area (Å²) in [4.78, 5) is 55.3. The average molecular weight is 656 g/mol. The lowest BCUT2D eigenvalue weighted by Crippen LogP contribution is -2.44. The van der Waals surface area contributed by atoms with Crippen molar-refractivity contribution in [2.75, 3.05) is 26.0 Å². The van der Waals surface area contributed by atoms with Crippen LogP contribution in [0.25, 0.3) is 16.9 Å². The molecule has 260 valence electrons. The Hall–Kier alpha value is -4.88. The molecule has 0 bridgehead atoms. The Kier molecular flexibility index (Phi) is 25.8. The molecule has 0 fully saturated rings. The number of aliphatic hydroxyl groups is 1. The number of primary amides is 1. The van der Waals surface area contributed by atoms with Gasteiger partial charge in [0.2, 0.25) is 11.8 Å². The third-order valence-electron chi connectivity index (χ3n) is 5.89. The van der Waals surface area contributed by atoms with E-state index >= 15 is 0 Å². The summed E-state index contributed by atoms with van der Waals surface area (Å²) in [7, 11) is 2.73. The Labute approximate surface area is 278 Å². The highest BCUT2D eigenvalue weighted by Gasteiger charge is 2.27. The second-order valence-electron chi connectivity index (χ2n) is 8.98. The van der Waals surface area contributed by atoms with Gasteiger partial charge in [-0.2, -0.15) is 5.10 Å². The Bertz CT molecular complexity index is 1300. The van der Waals surface area contributed by atoms with Gasteiger partial charge < -0.3 is 42.1 Å². The quantitative estimate of drug-likeness (QED) is 0.141. The van der Waals surface area contributed by atoms with Crippen LogP contribution in [0.4, 0.5) is 5.69 Å². The number of nitrogens with zero attached hydrogens (tertiary/aromatic N) is 2. The van der Waals surface area contributed by atoms with Crippen molar-refractivity contribution in [1.82, 2.24) is 20.4 Å². The number of nitrogens with one attached hydrogen (secondary N) is 3. The smallest absolute Gasteiger partial charge is 0.274 e. The summed E-state index contributed by atoms with van der Waals surface area (Å²) in [5.41, 5.74) is 14.2. The van der Waals surface area contributed by atoms with Gasteiger partial charge in [0.05, 0.1) is 23.1 Å². The SMILES string of the molecule is CC.CC.CC(=O)NC(C=O)CCC=O.CNc1c(C(=O)NC(CCCN)C(N)=O)nn(-c2ccccc2)c1-c1ccccc1.CO. The first-order valence-electron chi connectivity index (χ1n) is 15.6. The molecule has 13 heteroatoms. The van der Waals surface area contributed by atoms with Crippen LogP contribution in [0.3, 0.4) is 0 Å². The van der Waals surface area contributed by atoms with Crippen LogP contribution >= 0.6 is 0 Å². The van der Waals surface area contributed by atoms with E-state index in [1.807, 2.05) is 88.4 Å². The van der Waals surface area contributed by atoms with Crippen LogP contribution in [0, 0.1) is 0 Å². The molecule has 0 aliphatic rings. The zero-order chi connectivity index (χ0) is 36.2. The maximum Gasteiger partial charge on any atom is 0.274 e. The summed E-state index contributed by atoms with van der Waals surface area (Å²) in [6.45, 7) is 9.74. The third kappa shape index (κ3) is 15.8. The predicted molar refractivity (Wildman–Crippen MR) is 187 cm³/mol. The maximum atomic E-state index is 13.1. The van der Waals surface area contributed by atoms with Crippen molar-refractivity contribution in [2.45, 2.75) is 72.4 Å². The van der Waals surface area contributed by atoms with E-state index in [1.54, 1.807) is 11.7 Å². The minimum atomic E-state index is -0.812. The van der Waals surface area contributed by atoms with Gasteiger partial charge in [-0.25, -0.2) is 4.68 Å². The zero-order valence-corrected chi connectivity index (χ0v) is 28.7. The molecule has 3 amide bonds. The maximum absolute atomic E-state index is 13.1. The number of aliphatic hydroxyl groups excluding tert-OH is 1. The van der Waals surface area contributed by atoms with Crippen LogP contribution in [0.5, 0.6) is 0 Å². The number of aldehydes is 2. The second-order valence-corrected chi connectivity index (χ2v) is 8.98. The summed E-state index contributed by atoms with van der Waals surface area (Å²) < 4.78 is 1.72. The largest absolute Gasteiger partial charge is 0.400 e. The number of carbonyl (C=O) groups is 5. The molecule has 0 aliphatic heterocycles. The molecule has 0 saturated heterocycles. The van der Waals surface area contributed by atoms with Crippen LogP contribution in [0.1, 0.15) is 70.8 Å². The molecule has 8 N–H and O–H groups in total. The fraction of sp³-hybridized carbons (Fsp3) is 0.412. The molecule has 0 aliphatic carbocycles. The van der Waals surface area contributed by atoms with Gasteiger partial charge in [-0.3, -0.25) is 14.4 Å². The van der Waals surface area contributed by atoms with Gasteiger partial charge in [-0.1, -0.05) is 76.2 Å². The Balaban J connectivity index is 0. The van der Waals surface area contributed by atoms with Gasteiger partial charge in [-0.05, 0) is 37.9 Å². The van der Waals surface area contributed by atoms with Crippen LogP contribution in [-0.2, 0) is 19.2 Å². The number of amides is 3. The van der Waals surface area contributed by atoms with Crippen LogP contribution < -0.4 is 27.4 Å². The fourth-order valence-corrected chi connectivity index (χ4v) is 3.95. The third-order valence-corrected chi connectivity index (χ3v) is 5.89. The minimum absolute atomic E-state index is 0.180. The topological polar surface area (TPSA) is 212 Å². The van der Waals surface area contributed by atoms with Gasteiger partial charge in [-0.15, -0.1) is 0 Å². The number of hydrogen-bond donors (Lipinski definition) is 6. The molecule has 0 radical (unpaired) electrons. The predicted octanol–water partition coefficient (Wildman–Crippen LogP) is 3.23.